The molecule has 1 heterocycles. The lowest BCUT2D eigenvalue weighted by atomic mass is 10.2. The van der Waals surface area contributed by atoms with Crippen molar-refractivity contribution in [3.05, 3.63) is 54.1 Å². The van der Waals surface area contributed by atoms with Crippen LogP contribution in [0.5, 0.6) is 0 Å². The first-order valence-corrected chi connectivity index (χ1v) is 11.6. The molecule has 27 heavy (non-hydrogen) atoms. The molecule has 2 aromatic carbocycles. The van der Waals surface area contributed by atoms with Crippen LogP contribution in [-0.4, -0.2) is 37.5 Å². The quantitative estimate of drug-likeness (QED) is 0.702. The number of nitrogens with one attached hydrogen (secondary N) is 1. The average molecular weight is 405 g/mol. The fourth-order valence-corrected chi connectivity index (χ4v) is 5.41. The second-order valence-corrected chi connectivity index (χ2v) is 9.51. The third-order valence-corrected chi connectivity index (χ3v) is 7.60. The molecule has 0 radical (unpaired) electrons. The maximum absolute atomic E-state index is 12.6. The van der Waals surface area contributed by atoms with Gasteiger partial charge in [0.1, 0.15) is 0 Å². The van der Waals surface area contributed by atoms with E-state index in [1.54, 1.807) is 42.1 Å². The predicted molar refractivity (Wildman–Crippen MR) is 110 cm³/mol. The molecular formula is C20H24N2O3S2. The fourth-order valence-electron chi connectivity index (χ4n) is 2.98. The zero-order valence-corrected chi connectivity index (χ0v) is 17.0. The van der Waals surface area contributed by atoms with E-state index >= 15 is 0 Å². The van der Waals surface area contributed by atoms with E-state index in [1.807, 2.05) is 18.2 Å². The number of carbonyl (C=O) groups excluding carboxylic acids is 1. The number of anilines is 1. The van der Waals surface area contributed by atoms with E-state index in [0.717, 1.165) is 29.9 Å². The van der Waals surface area contributed by atoms with E-state index in [-0.39, 0.29) is 10.8 Å². The smallest absolute Gasteiger partial charge is 0.256 e. The maximum Gasteiger partial charge on any atom is 0.256 e. The van der Waals surface area contributed by atoms with E-state index in [2.05, 4.69) is 12.2 Å². The average Bonchev–Trinajstić information content (AvgIpc) is 3.23. The van der Waals surface area contributed by atoms with Crippen LogP contribution in [-0.2, 0) is 10.0 Å². The lowest BCUT2D eigenvalue weighted by molar-refractivity contribution is 0.102. The summed E-state index contributed by atoms with van der Waals surface area (Å²) in [5.74, 6) is 0.761. The van der Waals surface area contributed by atoms with Gasteiger partial charge in [-0.3, -0.25) is 4.79 Å². The molecule has 1 aliphatic rings. The number of carbonyl (C=O) groups is 1. The summed E-state index contributed by atoms with van der Waals surface area (Å²) in [7, 11) is -3.44. The first-order chi connectivity index (χ1) is 13.0. The van der Waals surface area contributed by atoms with Crippen molar-refractivity contribution in [1.82, 2.24) is 4.31 Å². The minimum absolute atomic E-state index is 0.190. The van der Waals surface area contributed by atoms with Crippen molar-refractivity contribution >= 4 is 33.4 Å². The van der Waals surface area contributed by atoms with Gasteiger partial charge < -0.3 is 5.32 Å². The minimum atomic E-state index is -3.44. The zero-order valence-electron chi connectivity index (χ0n) is 15.3. The number of benzene rings is 2. The molecular weight excluding hydrogens is 380 g/mol. The van der Waals surface area contributed by atoms with Gasteiger partial charge in [-0.15, -0.1) is 11.8 Å². The Hall–Kier alpha value is -1.83. The highest BCUT2D eigenvalue weighted by Gasteiger charge is 2.27. The molecule has 144 valence electrons. The lowest BCUT2D eigenvalue weighted by Gasteiger charge is -2.16. The Bertz CT molecular complexity index is 890. The summed E-state index contributed by atoms with van der Waals surface area (Å²) in [6, 6.07) is 13.9. The Morgan fingerprint density at radius 2 is 1.74 bits per heavy atom. The van der Waals surface area contributed by atoms with E-state index in [1.165, 1.54) is 4.31 Å². The number of thioether (sulfide) groups is 1. The summed E-state index contributed by atoms with van der Waals surface area (Å²) < 4.78 is 26.7. The van der Waals surface area contributed by atoms with Gasteiger partial charge in [-0.2, -0.15) is 4.31 Å². The van der Waals surface area contributed by atoms with Crippen LogP contribution in [0, 0.1) is 0 Å². The van der Waals surface area contributed by atoms with Gasteiger partial charge in [0.25, 0.3) is 5.91 Å². The van der Waals surface area contributed by atoms with Crippen molar-refractivity contribution in [2.45, 2.75) is 36.0 Å². The standard InChI is InChI=1S/C20H24N2O3S2/c1-2-15-26-19-8-4-3-7-18(19)20(23)21-16-9-11-17(12-10-16)27(24,25)22-13-5-6-14-22/h3-4,7-12H,2,5-6,13-15H2,1H3,(H,21,23). The number of sulfonamides is 1. The zero-order chi connectivity index (χ0) is 19.3. The predicted octanol–water partition coefficient (Wildman–Crippen LogP) is 4.23. The molecule has 3 rings (SSSR count). The van der Waals surface area contributed by atoms with Crippen LogP contribution in [0.15, 0.2) is 58.3 Å². The van der Waals surface area contributed by atoms with Gasteiger partial charge in [-0.05, 0) is 61.4 Å². The lowest BCUT2D eigenvalue weighted by Crippen LogP contribution is -2.27. The van der Waals surface area contributed by atoms with Crippen molar-refractivity contribution in [2.75, 3.05) is 24.2 Å². The van der Waals surface area contributed by atoms with Crippen LogP contribution >= 0.6 is 11.8 Å². The number of hydrogen-bond acceptors (Lipinski definition) is 4. The van der Waals surface area contributed by atoms with Crippen molar-refractivity contribution in [3.63, 3.8) is 0 Å². The molecule has 2 aromatic rings. The highest BCUT2D eigenvalue weighted by atomic mass is 32.2. The number of amides is 1. The first kappa shape index (κ1) is 19.9. The molecule has 1 fully saturated rings. The third-order valence-electron chi connectivity index (χ3n) is 4.41. The molecule has 0 unspecified atom stereocenters. The van der Waals surface area contributed by atoms with Crippen molar-refractivity contribution in [3.8, 4) is 0 Å². The van der Waals surface area contributed by atoms with E-state index in [0.29, 0.717) is 24.3 Å². The largest absolute Gasteiger partial charge is 0.322 e. The Labute approximate surface area is 165 Å². The maximum atomic E-state index is 12.6. The summed E-state index contributed by atoms with van der Waals surface area (Å²) >= 11 is 1.66. The highest BCUT2D eigenvalue weighted by Crippen LogP contribution is 2.25. The number of hydrogen-bond donors (Lipinski definition) is 1. The molecule has 0 aromatic heterocycles. The van der Waals surface area contributed by atoms with Gasteiger partial charge in [-0.25, -0.2) is 8.42 Å². The second-order valence-electron chi connectivity index (χ2n) is 6.43. The SMILES string of the molecule is CCCSc1ccccc1C(=O)Nc1ccc(S(=O)(=O)N2CCCC2)cc1. The molecule has 0 aliphatic carbocycles. The Kier molecular flexibility index (Phi) is 6.57. The van der Waals surface area contributed by atoms with Gasteiger partial charge >= 0.3 is 0 Å². The van der Waals surface area contributed by atoms with Crippen LogP contribution in [0.1, 0.15) is 36.5 Å². The molecule has 5 nitrogen and oxygen atoms in total. The Morgan fingerprint density at radius 3 is 2.41 bits per heavy atom. The number of nitrogens with zero attached hydrogens (tertiary/aromatic N) is 1. The molecule has 1 aliphatic heterocycles. The minimum Gasteiger partial charge on any atom is -0.322 e. The van der Waals surface area contributed by atoms with Crippen molar-refractivity contribution in [1.29, 1.82) is 0 Å². The van der Waals surface area contributed by atoms with Gasteiger partial charge in [0, 0.05) is 23.7 Å². The summed E-state index contributed by atoms with van der Waals surface area (Å²) in [6.07, 6.45) is 2.85. The molecule has 0 bridgehead atoms. The van der Waals surface area contributed by atoms with Gasteiger partial charge in [0.2, 0.25) is 10.0 Å². The van der Waals surface area contributed by atoms with E-state index in [4.69, 9.17) is 0 Å². The summed E-state index contributed by atoms with van der Waals surface area (Å²) in [5.41, 5.74) is 1.21. The molecule has 0 saturated carbocycles. The molecule has 0 spiro atoms. The topological polar surface area (TPSA) is 66.5 Å². The Morgan fingerprint density at radius 1 is 1.07 bits per heavy atom. The van der Waals surface area contributed by atoms with Crippen LogP contribution < -0.4 is 5.32 Å². The van der Waals surface area contributed by atoms with E-state index in [9.17, 15) is 13.2 Å². The van der Waals surface area contributed by atoms with E-state index < -0.39 is 10.0 Å². The summed E-state index contributed by atoms with van der Waals surface area (Å²) in [4.78, 5) is 13.9. The molecule has 0 atom stereocenters. The molecule has 1 amide bonds. The molecule has 1 saturated heterocycles. The third kappa shape index (κ3) is 4.72. The van der Waals surface area contributed by atoms with Gasteiger partial charge in [0.15, 0.2) is 0 Å². The highest BCUT2D eigenvalue weighted by molar-refractivity contribution is 7.99. The summed E-state index contributed by atoms with van der Waals surface area (Å²) in [6.45, 7) is 3.26. The van der Waals surface area contributed by atoms with Crippen molar-refractivity contribution < 1.29 is 13.2 Å². The molecule has 1 N–H and O–H groups in total. The normalized spacial score (nSPS) is 15.0. The van der Waals surface area contributed by atoms with Gasteiger partial charge in [-0.1, -0.05) is 19.1 Å². The summed E-state index contributed by atoms with van der Waals surface area (Å²) in [5, 5.41) is 2.86. The Balaban J connectivity index is 1.72. The molecule has 7 heteroatoms. The van der Waals surface area contributed by atoms with Gasteiger partial charge in [0.05, 0.1) is 10.5 Å². The second kappa shape index (κ2) is 8.91. The van der Waals surface area contributed by atoms with Crippen LogP contribution in [0.4, 0.5) is 5.69 Å². The van der Waals surface area contributed by atoms with Crippen LogP contribution in [0.3, 0.4) is 0 Å². The monoisotopic (exact) mass is 404 g/mol. The van der Waals surface area contributed by atoms with Crippen LogP contribution in [0.25, 0.3) is 0 Å². The number of rotatable bonds is 7. The van der Waals surface area contributed by atoms with Crippen molar-refractivity contribution in [2.24, 2.45) is 0 Å². The fraction of sp³-hybridized carbons (Fsp3) is 0.350. The first-order valence-electron chi connectivity index (χ1n) is 9.16. The van der Waals surface area contributed by atoms with Crippen LogP contribution in [0.2, 0.25) is 0 Å².